The second-order valence-electron chi connectivity index (χ2n) is 7.18. The van der Waals surface area contributed by atoms with E-state index in [4.69, 9.17) is 0 Å². The Hall–Kier alpha value is -2.45. The van der Waals surface area contributed by atoms with Gasteiger partial charge in [0.2, 0.25) is 0 Å². The van der Waals surface area contributed by atoms with Crippen molar-refractivity contribution in [2.45, 2.75) is 25.1 Å². The Morgan fingerprint density at radius 1 is 1.17 bits per heavy atom. The van der Waals surface area contributed by atoms with E-state index in [0.717, 1.165) is 16.3 Å². The van der Waals surface area contributed by atoms with Crippen LogP contribution >= 0.6 is 11.3 Å². The second kappa shape index (κ2) is 7.76. The molecule has 2 heterocycles. The molecule has 8 heteroatoms. The molecule has 0 aliphatic carbocycles. The normalized spacial score (nSPS) is 19.3. The van der Waals surface area contributed by atoms with Gasteiger partial charge in [0.1, 0.15) is 5.01 Å². The summed E-state index contributed by atoms with van der Waals surface area (Å²) < 4.78 is 42.2. The topological polar surface area (TPSA) is 53.4 Å². The van der Waals surface area contributed by atoms with E-state index >= 15 is 0 Å². The molecule has 0 radical (unpaired) electrons. The largest absolute Gasteiger partial charge is 0.481 e. The van der Waals surface area contributed by atoms with Gasteiger partial charge in [-0.05, 0) is 43.1 Å². The van der Waals surface area contributed by atoms with Crippen molar-refractivity contribution in [2.75, 3.05) is 13.1 Å². The van der Waals surface area contributed by atoms with Gasteiger partial charge in [0, 0.05) is 6.54 Å². The number of hydrogen-bond donors (Lipinski definition) is 1. The molecule has 0 bridgehead atoms. The van der Waals surface area contributed by atoms with Crippen LogP contribution < -0.4 is 0 Å². The quantitative estimate of drug-likeness (QED) is 0.630. The standard InChI is InChI=1S/C21H19F3N2O2S/c22-21(23,24)15-8-2-1-7-14(15)18(26-11-5-6-13(12-26)20(27)28)19-25-16-9-3-4-10-17(16)29-19/h1-4,7-10,13,18H,5-6,11-12H2,(H,27,28). The molecule has 2 atom stereocenters. The summed E-state index contributed by atoms with van der Waals surface area (Å²) >= 11 is 1.36. The molecule has 1 saturated heterocycles. The van der Waals surface area contributed by atoms with Crippen LogP contribution in [0, 0.1) is 5.92 Å². The summed E-state index contributed by atoms with van der Waals surface area (Å²) in [5.74, 6) is -1.51. The van der Waals surface area contributed by atoms with Crippen molar-refractivity contribution >= 4 is 27.5 Å². The van der Waals surface area contributed by atoms with E-state index in [-0.39, 0.29) is 12.1 Å². The van der Waals surface area contributed by atoms with E-state index in [9.17, 15) is 23.1 Å². The third-order valence-electron chi connectivity index (χ3n) is 5.27. The van der Waals surface area contributed by atoms with Crippen LogP contribution in [0.5, 0.6) is 0 Å². The van der Waals surface area contributed by atoms with Gasteiger partial charge in [-0.25, -0.2) is 4.98 Å². The highest BCUT2D eigenvalue weighted by Crippen LogP contribution is 2.42. The van der Waals surface area contributed by atoms with Gasteiger partial charge in [-0.2, -0.15) is 13.2 Å². The van der Waals surface area contributed by atoms with Crippen LogP contribution in [-0.2, 0) is 11.0 Å². The highest BCUT2D eigenvalue weighted by Gasteiger charge is 2.39. The minimum absolute atomic E-state index is 0.116. The molecule has 29 heavy (non-hydrogen) atoms. The third kappa shape index (κ3) is 4.00. The van der Waals surface area contributed by atoms with Crippen LogP contribution in [0.3, 0.4) is 0 Å². The van der Waals surface area contributed by atoms with Crippen molar-refractivity contribution in [3.05, 3.63) is 64.7 Å². The van der Waals surface area contributed by atoms with Crippen molar-refractivity contribution < 1.29 is 23.1 Å². The first-order valence-corrected chi connectivity index (χ1v) is 10.1. The van der Waals surface area contributed by atoms with Crippen LogP contribution in [-0.4, -0.2) is 34.0 Å². The first kappa shape index (κ1) is 19.8. The maximum absolute atomic E-state index is 13.8. The molecular formula is C21H19F3N2O2S. The zero-order valence-corrected chi connectivity index (χ0v) is 16.2. The zero-order chi connectivity index (χ0) is 20.6. The number of rotatable bonds is 4. The summed E-state index contributed by atoms with van der Waals surface area (Å²) in [6.45, 7) is 0.721. The highest BCUT2D eigenvalue weighted by atomic mass is 32.1. The molecule has 0 saturated carbocycles. The van der Waals surface area contributed by atoms with Crippen LogP contribution in [0.25, 0.3) is 10.2 Å². The smallest absolute Gasteiger partial charge is 0.416 e. The molecule has 4 rings (SSSR count). The van der Waals surface area contributed by atoms with E-state index in [1.165, 1.54) is 23.5 Å². The molecule has 1 aromatic heterocycles. The molecule has 152 valence electrons. The summed E-state index contributed by atoms with van der Waals surface area (Å²) in [6.07, 6.45) is -3.36. The lowest BCUT2D eigenvalue weighted by Gasteiger charge is -2.37. The molecule has 3 aromatic rings. The van der Waals surface area contributed by atoms with Gasteiger partial charge in [0.05, 0.1) is 27.7 Å². The summed E-state index contributed by atoms with van der Waals surface area (Å²) in [5, 5.41) is 10.0. The minimum atomic E-state index is -4.51. The van der Waals surface area contributed by atoms with Gasteiger partial charge in [0.15, 0.2) is 0 Å². The number of carboxylic acid groups (broad SMARTS) is 1. The molecular weight excluding hydrogens is 401 g/mol. The van der Waals surface area contributed by atoms with E-state index in [1.807, 2.05) is 29.2 Å². The van der Waals surface area contributed by atoms with Gasteiger partial charge in [0.25, 0.3) is 0 Å². The summed E-state index contributed by atoms with van der Waals surface area (Å²) in [5.41, 5.74) is 0.139. The number of para-hydroxylation sites is 1. The van der Waals surface area contributed by atoms with Gasteiger partial charge in [-0.1, -0.05) is 30.3 Å². The number of piperidine rings is 1. The lowest BCUT2D eigenvalue weighted by atomic mass is 9.93. The van der Waals surface area contributed by atoms with Crippen molar-refractivity contribution in [1.82, 2.24) is 9.88 Å². The Kier molecular flexibility index (Phi) is 5.31. The predicted octanol–water partition coefficient (Wildman–Crippen LogP) is 5.20. The Balaban J connectivity index is 1.85. The summed E-state index contributed by atoms with van der Waals surface area (Å²) in [7, 11) is 0. The predicted molar refractivity (Wildman–Crippen MR) is 105 cm³/mol. The second-order valence-corrected chi connectivity index (χ2v) is 8.24. The molecule has 0 spiro atoms. The number of aromatic nitrogens is 1. The monoisotopic (exact) mass is 420 g/mol. The molecule has 1 N–H and O–H groups in total. The number of hydrogen-bond acceptors (Lipinski definition) is 4. The SMILES string of the molecule is O=C(O)C1CCCN(C(c2nc3ccccc3s2)c2ccccc2C(F)(F)F)C1. The molecule has 1 aliphatic rings. The van der Waals surface area contributed by atoms with E-state index in [2.05, 4.69) is 4.98 Å². The number of nitrogens with zero attached hydrogens (tertiary/aromatic N) is 2. The van der Waals surface area contributed by atoms with E-state index < -0.39 is 29.7 Å². The number of halogens is 3. The number of fused-ring (bicyclic) bond motifs is 1. The van der Waals surface area contributed by atoms with Crippen molar-refractivity contribution in [3.8, 4) is 0 Å². The van der Waals surface area contributed by atoms with Gasteiger partial charge in [-0.3, -0.25) is 9.69 Å². The molecule has 1 aliphatic heterocycles. The number of carboxylic acids is 1. The Bertz CT molecular complexity index is 1000. The number of alkyl halides is 3. The van der Waals surface area contributed by atoms with Gasteiger partial charge < -0.3 is 5.11 Å². The minimum Gasteiger partial charge on any atom is -0.481 e. The van der Waals surface area contributed by atoms with Crippen LogP contribution in [0.15, 0.2) is 48.5 Å². The number of thiazole rings is 1. The number of benzene rings is 2. The Morgan fingerprint density at radius 3 is 2.62 bits per heavy atom. The molecule has 1 fully saturated rings. The van der Waals surface area contributed by atoms with Crippen molar-refractivity contribution in [3.63, 3.8) is 0 Å². The van der Waals surface area contributed by atoms with E-state index in [0.29, 0.717) is 24.4 Å². The van der Waals surface area contributed by atoms with Crippen molar-refractivity contribution in [2.24, 2.45) is 5.92 Å². The number of carbonyl (C=O) groups is 1. The lowest BCUT2D eigenvalue weighted by Crippen LogP contribution is -2.41. The third-order valence-corrected chi connectivity index (χ3v) is 6.36. The Labute approximate surface area is 169 Å². The highest BCUT2D eigenvalue weighted by molar-refractivity contribution is 7.18. The summed E-state index contributed by atoms with van der Waals surface area (Å²) in [4.78, 5) is 18.0. The maximum Gasteiger partial charge on any atom is 0.416 e. The average molecular weight is 420 g/mol. The van der Waals surface area contributed by atoms with Gasteiger partial charge in [-0.15, -0.1) is 11.3 Å². The van der Waals surface area contributed by atoms with Crippen LogP contribution in [0.2, 0.25) is 0 Å². The fourth-order valence-electron chi connectivity index (χ4n) is 3.93. The van der Waals surface area contributed by atoms with E-state index in [1.54, 1.807) is 6.07 Å². The van der Waals surface area contributed by atoms with Crippen molar-refractivity contribution in [1.29, 1.82) is 0 Å². The fraction of sp³-hybridized carbons (Fsp3) is 0.333. The number of likely N-dealkylation sites (tertiary alicyclic amines) is 1. The average Bonchev–Trinajstić information content (AvgIpc) is 3.11. The number of aliphatic carboxylic acids is 1. The molecule has 2 aromatic carbocycles. The maximum atomic E-state index is 13.8. The van der Waals surface area contributed by atoms with Crippen LogP contribution in [0.1, 0.15) is 35.0 Å². The molecule has 0 amide bonds. The first-order chi connectivity index (χ1) is 13.8. The Morgan fingerprint density at radius 2 is 1.90 bits per heavy atom. The first-order valence-electron chi connectivity index (χ1n) is 9.33. The molecule has 4 nitrogen and oxygen atoms in total. The molecule has 2 unspecified atom stereocenters. The lowest BCUT2D eigenvalue weighted by molar-refractivity contribution is -0.144. The van der Waals surface area contributed by atoms with Gasteiger partial charge >= 0.3 is 12.1 Å². The summed E-state index contributed by atoms with van der Waals surface area (Å²) in [6, 6.07) is 12.2. The zero-order valence-electron chi connectivity index (χ0n) is 15.4. The van der Waals surface area contributed by atoms with Crippen LogP contribution in [0.4, 0.5) is 13.2 Å². The fourth-order valence-corrected chi connectivity index (χ4v) is 5.05.